The third kappa shape index (κ3) is 2.78. The number of aromatic hydroxyl groups is 1. The molecule has 0 aliphatic heterocycles. The van der Waals surface area contributed by atoms with Gasteiger partial charge in [-0.2, -0.15) is 0 Å². The van der Waals surface area contributed by atoms with Crippen LogP contribution in [0.4, 0.5) is 0 Å². The summed E-state index contributed by atoms with van der Waals surface area (Å²) in [5.74, 6) is -1.56. The molecule has 3 aromatic rings. The summed E-state index contributed by atoms with van der Waals surface area (Å²) in [5.41, 5.74) is 2.71. The maximum atomic E-state index is 11.1. The lowest BCUT2D eigenvalue weighted by Gasteiger charge is -2.11. The predicted molar refractivity (Wildman–Crippen MR) is 85.6 cm³/mol. The highest BCUT2D eigenvalue weighted by Gasteiger charge is 2.16. The second kappa shape index (κ2) is 5.92. The fraction of sp³-hybridized carbons (Fsp3) is 0.118. The molecule has 1 aromatic heterocycles. The monoisotopic (exact) mass is 309 g/mol. The van der Waals surface area contributed by atoms with E-state index >= 15 is 0 Å². The molecule has 0 saturated carbocycles. The van der Waals surface area contributed by atoms with E-state index in [1.54, 1.807) is 12.1 Å². The third-order valence-electron chi connectivity index (χ3n) is 3.68. The van der Waals surface area contributed by atoms with Crippen LogP contribution < -0.4 is 0 Å². The van der Waals surface area contributed by atoms with Crippen molar-refractivity contribution in [2.24, 2.45) is 5.92 Å². The summed E-state index contributed by atoms with van der Waals surface area (Å²) < 4.78 is 1.54. The molecule has 0 saturated heterocycles. The Hall–Kier alpha value is -3.15. The number of aromatic nitrogens is 3. The molecule has 6 nitrogen and oxygen atoms in total. The molecule has 0 aliphatic rings. The zero-order valence-corrected chi connectivity index (χ0v) is 12.3. The van der Waals surface area contributed by atoms with Gasteiger partial charge in [-0.15, -0.1) is 11.7 Å². The second-order valence-corrected chi connectivity index (χ2v) is 5.20. The number of hydrogen-bond acceptors (Lipinski definition) is 4. The van der Waals surface area contributed by atoms with Crippen molar-refractivity contribution in [2.45, 2.75) is 6.42 Å². The van der Waals surface area contributed by atoms with Crippen LogP contribution in [0.5, 0.6) is 5.75 Å². The fourth-order valence-corrected chi connectivity index (χ4v) is 2.44. The van der Waals surface area contributed by atoms with Crippen molar-refractivity contribution in [1.29, 1.82) is 0 Å². The SMILES string of the molecule is C=CC(Cc1ccc(O)c(-n2nnc3ccccc32)c1)C(=O)O. The van der Waals surface area contributed by atoms with Gasteiger partial charge in [-0.1, -0.05) is 29.5 Å². The molecule has 0 radical (unpaired) electrons. The van der Waals surface area contributed by atoms with Gasteiger partial charge in [-0.05, 0) is 36.2 Å². The van der Waals surface area contributed by atoms with Crippen LogP contribution in [0.15, 0.2) is 55.1 Å². The molecule has 0 bridgehead atoms. The highest BCUT2D eigenvalue weighted by Crippen LogP contribution is 2.26. The molecule has 0 spiro atoms. The molecule has 0 aliphatic carbocycles. The highest BCUT2D eigenvalue weighted by atomic mass is 16.4. The molecular weight excluding hydrogens is 294 g/mol. The lowest BCUT2D eigenvalue weighted by molar-refractivity contribution is -0.140. The highest BCUT2D eigenvalue weighted by molar-refractivity contribution is 5.76. The Morgan fingerprint density at radius 2 is 2.09 bits per heavy atom. The molecule has 6 heteroatoms. The summed E-state index contributed by atoms with van der Waals surface area (Å²) in [5, 5.41) is 27.4. The van der Waals surface area contributed by atoms with Crippen LogP contribution in [0.1, 0.15) is 5.56 Å². The molecule has 0 amide bonds. The average Bonchev–Trinajstić information content (AvgIpc) is 2.97. The molecule has 2 aromatic carbocycles. The van der Waals surface area contributed by atoms with Crippen molar-refractivity contribution in [1.82, 2.24) is 15.0 Å². The number of carboxylic acids is 1. The van der Waals surface area contributed by atoms with Crippen molar-refractivity contribution in [3.63, 3.8) is 0 Å². The summed E-state index contributed by atoms with van der Waals surface area (Å²) in [6, 6.07) is 12.3. The maximum absolute atomic E-state index is 11.1. The molecule has 1 heterocycles. The average molecular weight is 309 g/mol. The predicted octanol–water partition coefficient (Wildman–Crippen LogP) is 2.56. The van der Waals surface area contributed by atoms with Crippen LogP contribution in [-0.2, 0) is 11.2 Å². The number of aliphatic carboxylic acids is 1. The third-order valence-corrected chi connectivity index (χ3v) is 3.68. The number of phenolic OH excluding ortho intramolecular Hbond substituents is 1. The van der Waals surface area contributed by atoms with E-state index in [1.807, 2.05) is 24.3 Å². The standard InChI is InChI=1S/C17H15N3O3/c1-2-12(17(22)23)9-11-7-8-16(21)15(10-11)20-14-6-4-3-5-13(14)18-19-20/h2-8,10,12,21H,1,9H2,(H,22,23). The van der Waals surface area contributed by atoms with Gasteiger partial charge in [0.15, 0.2) is 0 Å². The Balaban J connectivity index is 2.04. The Kier molecular flexibility index (Phi) is 3.80. The summed E-state index contributed by atoms with van der Waals surface area (Å²) in [7, 11) is 0. The van der Waals surface area contributed by atoms with Crippen LogP contribution >= 0.6 is 0 Å². The molecule has 1 unspecified atom stereocenters. The van der Waals surface area contributed by atoms with Gasteiger partial charge >= 0.3 is 5.97 Å². The van der Waals surface area contributed by atoms with Crippen LogP contribution in [-0.4, -0.2) is 31.2 Å². The Morgan fingerprint density at radius 1 is 1.30 bits per heavy atom. The van der Waals surface area contributed by atoms with Crippen molar-refractivity contribution >= 4 is 17.0 Å². The minimum Gasteiger partial charge on any atom is -0.506 e. The molecule has 0 fully saturated rings. The maximum Gasteiger partial charge on any atom is 0.310 e. The first-order valence-electron chi connectivity index (χ1n) is 7.08. The van der Waals surface area contributed by atoms with Crippen LogP contribution in [0.25, 0.3) is 16.7 Å². The van der Waals surface area contributed by atoms with Crippen LogP contribution in [0.3, 0.4) is 0 Å². The number of hydrogen-bond donors (Lipinski definition) is 2. The van der Waals surface area contributed by atoms with E-state index in [0.29, 0.717) is 17.6 Å². The van der Waals surface area contributed by atoms with E-state index in [2.05, 4.69) is 16.9 Å². The van der Waals surface area contributed by atoms with E-state index < -0.39 is 11.9 Å². The number of nitrogens with zero attached hydrogens (tertiary/aromatic N) is 3. The molecule has 116 valence electrons. The summed E-state index contributed by atoms with van der Waals surface area (Å²) in [6.45, 7) is 3.55. The summed E-state index contributed by atoms with van der Waals surface area (Å²) >= 11 is 0. The minimum absolute atomic E-state index is 0.0508. The fourth-order valence-electron chi connectivity index (χ4n) is 2.44. The topological polar surface area (TPSA) is 88.2 Å². The Labute approximate surface area is 132 Å². The summed E-state index contributed by atoms with van der Waals surface area (Å²) in [6.07, 6.45) is 1.69. The molecule has 23 heavy (non-hydrogen) atoms. The van der Waals surface area contributed by atoms with E-state index in [4.69, 9.17) is 5.11 Å². The number of para-hydroxylation sites is 1. The molecular formula is C17H15N3O3. The molecule has 1 atom stereocenters. The quantitative estimate of drug-likeness (QED) is 0.707. The number of benzene rings is 2. The minimum atomic E-state index is -0.930. The first-order valence-corrected chi connectivity index (χ1v) is 7.08. The molecule has 3 rings (SSSR count). The Bertz CT molecular complexity index is 886. The van der Waals surface area contributed by atoms with Crippen molar-refractivity contribution in [2.75, 3.05) is 0 Å². The van der Waals surface area contributed by atoms with E-state index in [9.17, 15) is 9.90 Å². The second-order valence-electron chi connectivity index (χ2n) is 5.20. The summed E-state index contributed by atoms with van der Waals surface area (Å²) in [4.78, 5) is 11.1. The van der Waals surface area contributed by atoms with Gasteiger partial charge in [-0.3, -0.25) is 4.79 Å². The number of rotatable bonds is 5. The van der Waals surface area contributed by atoms with Crippen molar-refractivity contribution in [3.05, 3.63) is 60.7 Å². The number of carbonyl (C=O) groups is 1. The van der Waals surface area contributed by atoms with Crippen molar-refractivity contribution in [3.8, 4) is 11.4 Å². The first-order chi connectivity index (χ1) is 11.1. The van der Waals surface area contributed by atoms with Gasteiger partial charge < -0.3 is 10.2 Å². The van der Waals surface area contributed by atoms with Gasteiger partial charge in [0.05, 0.1) is 11.4 Å². The zero-order chi connectivity index (χ0) is 16.4. The van der Waals surface area contributed by atoms with E-state index in [1.165, 1.54) is 16.8 Å². The molecule has 2 N–H and O–H groups in total. The number of phenols is 1. The van der Waals surface area contributed by atoms with Gasteiger partial charge in [-0.25, -0.2) is 4.68 Å². The number of fused-ring (bicyclic) bond motifs is 1. The van der Waals surface area contributed by atoms with Crippen LogP contribution in [0.2, 0.25) is 0 Å². The van der Waals surface area contributed by atoms with E-state index in [-0.39, 0.29) is 5.75 Å². The van der Waals surface area contributed by atoms with Crippen LogP contribution in [0, 0.1) is 5.92 Å². The number of carboxylic acid groups (broad SMARTS) is 1. The largest absolute Gasteiger partial charge is 0.506 e. The zero-order valence-electron chi connectivity index (χ0n) is 12.3. The van der Waals surface area contributed by atoms with Gasteiger partial charge in [0.1, 0.15) is 17.0 Å². The lowest BCUT2D eigenvalue weighted by Crippen LogP contribution is -2.13. The smallest absolute Gasteiger partial charge is 0.310 e. The van der Waals surface area contributed by atoms with Gasteiger partial charge in [0.2, 0.25) is 0 Å². The normalized spacial score (nSPS) is 12.2. The Morgan fingerprint density at radius 3 is 2.83 bits per heavy atom. The van der Waals surface area contributed by atoms with Crippen molar-refractivity contribution < 1.29 is 15.0 Å². The van der Waals surface area contributed by atoms with E-state index in [0.717, 1.165) is 11.1 Å². The van der Waals surface area contributed by atoms with Gasteiger partial charge in [0.25, 0.3) is 0 Å². The first kappa shape index (κ1) is 14.8. The van der Waals surface area contributed by atoms with Gasteiger partial charge in [0, 0.05) is 0 Å². The lowest BCUT2D eigenvalue weighted by atomic mass is 9.99.